The molecule has 0 aromatic rings. The number of ether oxygens (including phenoxy) is 2. The summed E-state index contributed by atoms with van der Waals surface area (Å²) in [6.45, 7) is 4.24. The molecular weight excluding hydrogens is 798 g/mol. The van der Waals surface area contributed by atoms with Gasteiger partial charge in [-0.15, -0.1) is 0 Å². The third-order valence-corrected chi connectivity index (χ3v) is 10.9. The molecule has 0 aromatic heterocycles. The lowest BCUT2D eigenvalue weighted by Crippen LogP contribution is -2.37. The Morgan fingerprint density at radius 2 is 0.919 bits per heavy atom. The van der Waals surface area contributed by atoms with Gasteiger partial charge in [-0.05, 0) is 70.6 Å². The van der Waals surface area contributed by atoms with E-state index in [0.29, 0.717) is 17.4 Å². The molecule has 0 amide bonds. The van der Waals surface area contributed by atoms with Gasteiger partial charge in [-0.2, -0.15) is 0 Å². The second-order valence-electron chi connectivity index (χ2n) is 17.1. The molecule has 0 fully saturated rings. The van der Waals surface area contributed by atoms with Crippen LogP contribution in [0.15, 0.2) is 85.1 Å². The molecule has 356 valence electrons. The van der Waals surface area contributed by atoms with Crippen LogP contribution >= 0.6 is 7.82 Å². The van der Waals surface area contributed by atoms with E-state index in [-0.39, 0.29) is 32.0 Å². The van der Waals surface area contributed by atoms with Gasteiger partial charge in [0.05, 0.1) is 27.7 Å². The molecule has 0 heterocycles. The zero-order valence-corrected chi connectivity index (χ0v) is 41.0. The Balaban J connectivity index is 4.10. The highest BCUT2D eigenvalue weighted by Gasteiger charge is 2.27. The number of phosphoric ester groups is 1. The number of carbonyl (C=O) groups is 2. The molecule has 0 spiro atoms. The Hall–Kier alpha value is -2.81. The normalized spacial score (nSPS) is 14.2. The van der Waals surface area contributed by atoms with Gasteiger partial charge >= 0.3 is 19.8 Å². The molecule has 2 unspecified atom stereocenters. The summed E-state index contributed by atoms with van der Waals surface area (Å²) in [4.78, 5) is 35.2. The van der Waals surface area contributed by atoms with E-state index in [9.17, 15) is 19.0 Å². The molecule has 0 rings (SSSR count). The monoisotopic (exact) mass is 889 g/mol. The third kappa shape index (κ3) is 46.7. The summed E-state index contributed by atoms with van der Waals surface area (Å²) in [6.07, 6.45) is 56.7. The van der Waals surface area contributed by atoms with Crippen molar-refractivity contribution < 1.29 is 42.1 Å². The average molecular weight is 889 g/mol. The van der Waals surface area contributed by atoms with Gasteiger partial charge in [0.15, 0.2) is 6.10 Å². The van der Waals surface area contributed by atoms with Gasteiger partial charge in [-0.25, -0.2) is 4.57 Å². The standard InChI is InChI=1S/C52H90NO8P/c1-6-8-10-12-14-15-16-17-18-19-20-21-22-23-24-25-26-27-28-29-30-31-32-33-34-35-36-37-39-41-43-45-52(55)61-50(49-60-62(56,57)59-47-46-53(3,4)5)48-58-51(54)44-42-40-38-13-11-9-7-2/h8,10,14-15,17-18,20-21,23-24,26-27,29-30,50H,6-7,9,11-13,16,19,22,25,28,31-49H2,1-5H3/p+1/b10-8-,15-14-,18-17-,21-20-,24-23-,27-26-,30-29-. The van der Waals surface area contributed by atoms with Gasteiger partial charge in [0.25, 0.3) is 0 Å². The number of allylic oxidation sites excluding steroid dienone is 14. The van der Waals surface area contributed by atoms with Gasteiger partial charge in [-0.1, -0.05) is 182 Å². The van der Waals surface area contributed by atoms with Crippen LogP contribution < -0.4 is 0 Å². The number of quaternary nitrogens is 1. The number of hydrogen-bond donors (Lipinski definition) is 1. The Labute approximate surface area is 380 Å². The summed E-state index contributed by atoms with van der Waals surface area (Å²) in [5.41, 5.74) is 0. The van der Waals surface area contributed by atoms with Crippen molar-refractivity contribution in [2.75, 3.05) is 47.5 Å². The smallest absolute Gasteiger partial charge is 0.462 e. The minimum absolute atomic E-state index is 0.0274. The maximum atomic E-state index is 12.7. The largest absolute Gasteiger partial charge is 0.472 e. The van der Waals surface area contributed by atoms with Crippen LogP contribution in [0.3, 0.4) is 0 Å². The van der Waals surface area contributed by atoms with Gasteiger partial charge in [0, 0.05) is 12.8 Å². The molecule has 0 saturated carbocycles. The number of nitrogens with zero attached hydrogens (tertiary/aromatic N) is 1. The molecule has 10 heteroatoms. The fourth-order valence-corrected chi connectivity index (χ4v) is 6.91. The van der Waals surface area contributed by atoms with Crippen molar-refractivity contribution in [3.63, 3.8) is 0 Å². The number of phosphoric acid groups is 1. The predicted octanol–water partition coefficient (Wildman–Crippen LogP) is 14.4. The summed E-state index contributed by atoms with van der Waals surface area (Å²) in [7, 11) is 1.46. The number of rotatable bonds is 43. The van der Waals surface area contributed by atoms with Gasteiger partial charge < -0.3 is 18.9 Å². The maximum absolute atomic E-state index is 12.7. The van der Waals surface area contributed by atoms with Crippen LogP contribution in [-0.2, 0) is 32.7 Å². The molecule has 0 bridgehead atoms. The highest BCUT2D eigenvalue weighted by molar-refractivity contribution is 7.47. The van der Waals surface area contributed by atoms with Crippen molar-refractivity contribution in [1.82, 2.24) is 0 Å². The highest BCUT2D eigenvalue weighted by Crippen LogP contribution is 2.43. The number of esters is 2. The molecule has 0 radical (unpaired) electrons. The van der Waals surface area contributed by atoms with Crippen LogP contribution in [-0.4, -0.2) is 74.9 Å². The van der Waals surface area contributed by atoms with Crippen LogP contribution in [0.1, 0.15) is 181 Å². The van der Waals surface area contributed by atoms with Crippen molar-refractivity contribution in [3.8, 4) is 0 Å². The van der Waals surface area contributed by atoms with Crippen molar-refractivity contribution in [1.29, 1.82) is 0 Å². The van der Waals surface area contributed by atoms with Gasteiger partial charge in [-0.3, -0.25) is 18.6 Å². The Morgan fingerprint density at radius 1 is 0.516 bits per heavy atom. The predicted molar refractivity (Wildman–Crippen MR) is 261 cm³/mol. The van der Waals surface area contributed by atoms with Crippen molar-refractivity contribution in [2.24, 2.45) is 0 Å². The Kier molecular flexibility index (Phi) is 41.5. The minimum Gasteiger partial charge on any atom is -0.462 e. The topological polar surface area (TPSA) is 108 Å². The van der Waals surface area contributed by atoms with Gasteiger partial charge in [0.1, 0.15) is 19.8 Å². The molecule has 0 saturated heterocycles. The average Bonchev–Trinajstić information content (AvgIpc) is 3.23. The highest BCUT2D eigenvalue weighted by atomic mass is 31.2. The molecule has 0 aromatic carbocycles. The quantitative estimate of drug-likeness (QED) is 0.0212. The first-order valence-corrected chi connectivity index (χ1v) is 25.8. The summed E-state index contributed by atoms with van der Waals surface area (Å²) in [6, 6.07) is 0. The number of carbonyl (C=O) groups excluding carboxylic acids is 2. The van der Waals surface area contributed by atoms with Crippen LogP contribution in [0.4, 0.5) is 0 Å². The van der Waals surface area contributed by atoms with Crippen molar-refractivity contribution in [3.05, 3.63) is 85.1 Å². The summed E-state index contributed by atoms with van der Waals surface area (Å²) in [5.74, 6) is -0.817. The van der Waals surface area contributed by atoms with Crippen LogP contribution in [0.5, 0.6) is 0 Å². The Morgan fingerprint density at radius 3 is 1.37 bits per heavy atom. The summed E-state index contributed by atoms with van der Waals surface area (Å²) >= 11 is 0. The maximum Gasteiger partial charge on any atom is 0.472 e. The van der Waals surface area contributed by atoms with Crippen LogP contribution in [0, 0.1) is 0 Å². The lowest BCUT2D eigenvalue weighted by molar-refractivity contribution is -0.870. The molecule has 2 atom stereocenters. The molecular formula is C52H91NO8P+. The Bertz CT molecular complexity index is 1330. The van der Waals surface area contributed by atoms with Crippen molar-refractivity contribution in [2.45, 2.75) is 187 Å². The van der Waals surface area contributed by atoms with E-state index in [1.807, 2.05) is 21.1 Å². The number of unbranched alkanes of at least 4 members (excludes halogenated alkanes) is 15. The molecule has 9 nitrogen and oxygen atoms in total. The molecule has 62 heavy (non-hydrogen) atoms. The SMILES string of the molecule is CC/C=C\C/C=C\C/C=C\C/C=C\C/C=C\C/C=C\C/C=C\CCCCCCCCCCCC(=O)OC(COC(=O)CCCCCCCCC)COP(=O)(O)OCC[N+](C)(C)C. The first kappa shape index (κ1) is 59.2. The first-order chi connectivity index (χ1) is 30.0. The van der Waals surface area contributed by atoms with E-state index >= 15 is 0 Å². The zero-order valence-electron chi connectivity index (χ0n) is 40.1. The van der Waals surface area contributed by atoms with E-state index in [0.717, 1.165) is 89.9 Å². The lowest BCUT2D eigenvalue weighted by atomic mass is 10.1. The van der Waals surface area contributed by atoms with Crippen LogP contribution in [0.2, 0.25) is 0 Å². The summed E-state index contributed by atoms with van der Waals surface area (Å²) in [5, 5.41) is 0. The fraction of sp³-hybridized carbons (Fsp3) is 0.692. The van der Waals surface area contributed by atoms with Crippen LogP contribution in [0.25, 0.3) is 0 Å². The second-order valence-corrected chi connectivity index (χ2v) is 18.6. The van der Waals surface area contributed by atoms with E-state index in [1.165, 1.54) is 57.8 Å². The van der Waals surface area contributed by atoms with Crippen molar-refractivity contribution >= 4 is 19.8 Å². The fourth-order valence-electron chi connectivity index (χ4n) is 6.17. The van der Waals surface area contributed by atoms with E-state index in [2.05, 4.69) is 98.9 Å². The zero-order chi connectivity index (χ0) is 45.7. The molecule has 1 N–H and O–H groups in total. The number of likely N-dealkylation sites (N-methyl/N-ethyl adjacent to an activating group) is 1. The molecule has 0 aliphatic rings. The molecule has 0 aliphatic heterocycles. The van der Waals surface area contributed by atoms with E-state index < -0.39 is 26.5 Å². The third-order valence-electron chi connectivity index (χ3n) is 9.94. The lowest BCUT2D eigenvalue weighted by Gasteiger charge is -2.24. The van der Waals surface area contributed by atoms with E-state index in [4.69, 9.17) is 18.5 Å². The second kappa shape index (κ2) is 43.4. The van der Waals surface area contributed by atoms with Gasteiger partial charge in [0.2, 0.25) is 0 Å². The summed E-state index contributed by atoms with van der Waals surface area (Å²) < 4.78 is 34.2. The number of hydrogen-bond acceptors (Lipinski definition) is 7. The first-order valence-electron chi connectivity index (χ1n) is 24.3. The minimum atomic E-state index is -4.37. The molecule has 0 aliphatic carbocycles. The van der Waals surface area contributed by atoms with E-state index in [1.54, 1.807) is 0 Å².